The number of nitrogens with one attached hydrogen (secondary N) is 1. The van der Waals surface area contributed by atoms with Gasteiger partial charge in [-0.25, -0.2) is 13.6 Å². The molecule has 154 valence electrons. The highest BCUT2D eigenvalue weighted by atomic mass is 19.2. The average molecular weight is 411 g/mol. The first-order valence-electron chi connectivity index (χ1n) is 9.17. The largest absolute Gasteiger partial charge is 0.489 e. The minimum atomic E-state index is -1.25. The fourth-order valence-electron chi connectivity index (χ4n) is 2.82. The van der Waals surface area contributed by atoms with Crippen molar-refractivity contribution in [2.75, 3.05) is 0 Å². The molecule has 5 nitrogen and oxygen atoms in total. The van der Waals surface area contributed by atoms with E-state index in [1.807, 2.05) is 30.3 Å². The number of rotatable bonds is 8. The number of halogens is 2. The molecule has 3 rings (SSSR count). The minimum Gasteiger partial charge on any atom is -0.489 e. The van der Waals surface area contributed by atoms with E-state index < -0.39 is 29.6 Å². The number of carboxylic acid groups (broad SMARTS) is 1. The third kappa shape index (κ3) is 5.64. The molecule has 0 radical (unpaired) electrons. The van der Waals surface area contributed by atoms with Crippen LogP contribution in [-0.4, -0.2) is 23.0 Å². The van der Waals surface area contributed by atoms with E-state index in [1.54, 1.807) is 24.3 Å². The number of carbonyl (C=O) groups is 2. The van der Waals surface area contributed by atoms with Crippen LogP contribution in [-0.2, 0) is 17.8 Å². The molecule has 3 aromatic carbocycles. The molecule has 7 heteroatoms. The summed E-state index contributed by atoms with van der Waals surface area (Å²) < 4.78 is 32.1. The molecule has 0 saturated heterocycles. The molecule has 1 amide bonds. The number of hydrogen-bond donors (Lipinski definition) is 2. The zero-order valence-electron chi connectivity index (χ0n) is 15.8. The van der Waals surface area contributed by atoms with Gasteiger partial charge in [0.25, 0.3) is 5.91 Å². The molecule has 2 N–H and O–H groups in total. The van der Waals surface area contributed by atoms with Crippen LogP contribution in [0.1, 0.15) is 21.5 Å². The molecule has 3 aromatic rings. The Labute approximate surface area is 171 Å². The van der Waals surface area contributed by atoms with E-state index in [2.05, 4.69) is 5.32 Å². The number of hydrogen-bond acceptors (Lipinski definition) is 3. The van der Waals surface area contributed by atoms with Crippen LogP contribution in [0.2, 0.25) is 0 Å². The summed E-state index contributed by atoms with van der Waals surface area (Å²) in [4.78, 5) is 23.9. The molecule has 0 heterocycles. The van der Waals surface area contributed by atoms with Crippen molar-refractivity contribution in [3.05, 3.63) is 101 Å². The molecule has 30 heavy (non-hydrogen) atoms. The highest BCUT2D eigenvalue weighted by molar-refractivity contribution is 5.96. The second-order valence-corrected chi connectivity index (χ2v) is 6.62. The lowest BCUT2D eigenvalue weighted by molar-refractivity contribution is -0.139. The third-order valence-corrected chi connectivity index (χ3v) is 4.37. The zero-order chi connectivity index (χ0) is 21.5. The standard InChI is InChI=1S/C23H19F2NO4/c24-19-10-9-17(13-20(19)25)22(27)26-21(23(28)29)12-16-7-4-8-18(11-16)30-14-15-5-2-1-3-6-15/h1-11,13,21H,12,14H2,(H,26,27)(H,28,29)/t21-/m1/s1. The molecular weight excluding hydrogens is 392 g/mol. The van der Waals surface area contributed by atoms with Crippen molar-refractivity contribution in [1.82, 2.24) is 5.32 Å². The molecule has 0 aliphatic carbocycles. The van der Waals surface area contributed by atoms with E-state index >= 15 is 0 Å². The topological polar surface area (TPSA) is 75.6 Å². The van der Waals surface area contributed by atoms with Crippen molar-refractivity contribution < 1.29 is 28.2 Å². The van der Waals surface area contributed by atoms with Gasteiger partial charge in [-0.2, -0.15) is 0 Å². The lowest BCUT2D eigenvalue weighted by Crippen LogP contribution is -2.42. The highest BCUT2D eigenvalue weighted by Crippen LogP contribution is 2.17. The van der Waals surface area contributed by atoms with Crippen LogP contribution >= 0.6 is 0 Å². The summed E-state index contributed by atoms with van der Waals surface area (Å²) >= 11 is 0. The second-order valence-electron chi connectivity index (χ2n) is 6.62. The number of carboxylic acids is 1. The maximum Gasteiger partial charge on any atom is 0.326 e. The molecule has 1 atom stereocenters. The van der Waals surface area contributed by atoms with E-state index in [9.17, 15) is 23.5 Å². The molecule has 0 fully saturated rings. The molecule has 0 aliphatic rings. The first kappa shape index (κ1) is 21.0. The summed E-state index contributed by atoms with van der Waals surface area (Å²) in [7, 11) is 0. The van der Waals surface area contributed by atoms with Gasteiger partial charge in [0.15, 0.2) is 11.6 Å². The SMILES string of the molecule is O=C(N[C@H](Cc1cccc(OCc2ccccc2)c1)C(=O)O)c1ccc(F)c(F)c1. The van der Waals surface area contributed by atoms with Gasteiger partial charge in [-0.1, -0.05) is 42.5 Å². The van der Waals surface area contributed by atoms with Crippen LogP contribution in [0, 0.1) is 11.6 Å². The Kier molecular flexibility index (Phi) is 6.75. The van der Waals surface area contributed by atoms with E-state index in [0.29, 0.717) is 17.9 Å². The minimum absolute atomic E-state index is 0.00666. The summed E-state index contributed by atoms with van der Waals surface area (Å²) in [6.45, 7) is 0.361. The predicted octanol–water partition coefficient (Wildman–Crippen LogP) is 3.97. The smallest absolute Gasteiger partial charge is 0.326 e. The summed E-state index contributed by atoms with van der Waals surface area (Å²) in [5.74, 6) is -3.77. The van der Waals surface area contributed by atoms with Crippen molar-refractivity contribution in [3.63, 3.8) is 0 Å². The Balaban J connectivity index is 1.66. The number of amides is 1. The summed E-state index contributed by atoms with van der Waals surface area (Å²) in [5, 5.41) is 11.8. The quantitative estimate of drug-likeness (QED) is 0.588. The number of benzene rings is 3. The van der Waals surface area contributed by atoms with Crippen LogP contribution in [0.25, 0.3) is 0 Å². The average Bonchev–Trinajstić information content (AvgIpc) is 2.74. The fourth-order valence-corrected chi connectivity index (χ4v) is 2.82. The zero-order valence-corrected chi connectivity index (χ0v) is 15.8. The molecule has 0 saturated carbocycles. The van der Waals surface area contributed by atoms with Crippen LogP contribution in [0.5, 0.6) is 5.75 Å². The maximum atomic E-state index is 13.3. The van der Waals surface area contributed by atoms with Gasteiger partial charge in [0.05, 0.1) is 0 Å². The second kappa shape index (κ2) is 9.65. The maximum absolute atomic E-state index is 13.3. The molecule has 0 aromatic heterocycles. The fraction of sp³-hybridized carbons (Fsp3) is 0.130. The molecule has 0 unspecified atom stereocenters. The first-order valence-corrected chi connectivity index (χ1v) is 9.17. The van der Waals surface area contributed by atoms with Gasteiger partial charge >= 0.3 is 5.97 Å². The van der Waals surface area contributed by atoms with Gasteiger partial charge in [0.1, 0.15) is 18.4 Å². The predicted molar refractivity (Wildman–Crippen MR) is 106 cm³/mol. The van der Waals surface area contributed by atoms with E-state index in [1.165, 1.54) is 0 Å². The highest BCUT2D eigenvalue weighted by Gasteiger charge is 2.22. The van der Waals surface area contributed by atoms with Crippen molar-refractivity contribution in [2.45, 2.75) is 19.1 Å². The van der Waals surface area contributed by atoms with Crippen LogP contribution in [0.3, 0.4) is 0 Å². The van der Waals surface area contributed by atoms with Gasteiger partial charge in [0.2, 0.25) is 0 Å². The summed E-state index contributed by atoms with van der Waals surface area (Å²) in [6, 6.07) is 17.8. The summed E-state index contributed by atoms with van der Waals surface area (Å²) in [6.07, 6.45) is -0.00666. The van der Waals surface area contributed by atoms with Crippen molar-refractivity contribution in [2.24, 2.45) is 0 Å². The lowest BCUT2D eigenvalue weighted by atomic mass is 10.0. The number of ether oxygens (including phenoxy) is 1. The monoisotopic (exact) mass is 411 g/mol. The van der Waals surface area contributed by atoms with Crippen molar-refractivity contribution in [1.29, 1.82) is 0 Å². The molecule has 0 bridgehead atoms. The molecule has 0 spiro atoms. The van der Waals surface area contributed by atoms with E-state index in [0.717, 1.165) is 23.8 Å². The number of carbonyl (C=O) groups excluding carboxylic acids is 1. The third-order valence-electron chi connectivity index (χ3n) is 4.37. The Morgan fingerprint density at radius 2 is 1.63 bits per heavy atom. The van der Waals surface area contributed by atoms with Crippen molar-refractivity contribution >= 4 is 11.9 Å². The van der Waals surface area contributed by atoms with Crippen molar-refractivity contribution in [3.8, 4) is 5.75 Å². The number of aliphatic carboxylic acids is 1. The Morgan fingerprint density at radius 1 is 0.900 bits per heavy atom. The van der Waals surface area contributed by atoms with Gasteiger partial charge in [-0.15, -0.1) is 0 Å². The van der Waals surface area contributed by atoms with E-state index in [-0.39, 0.29) is 12.0 Å². The Bertz CT molecular complexity index is 1040. The van der Waals surface area contributed by atoms with Gasteiger partial charge in [0, 0.05) is 12.0 Å². The molecule has 0 aliphatic heterocycles. The van der Waals surface area contributed by atoms with E-state index in [4.69, 9.17) is 4.74 Å². The van der Waals surface area contributed by atoms with Crippen LogP contribution in [0.15, 0.2) is 72.8 Å². The normalized spacial score (nSPS) is 11.5. The summed E-state index contributed by atoms with van der Waals surface area (Å²) in [5.41, 5.74) is 1.46. The van der Waals surface area contributed by atoms with Gasteiger partial charge in [-0.3, -0.25) is 4.79 Å². The van der Waals surface area contributed by atoms with Gasteiger partial charge in [-0.05, 0) is 41.5 Å². The first-order chi connectivity index (χ1) is 14.4. The van der Waals surface area contributed by atoms with Gasteiger partial charge < -0.3 is 15.2 Å². The molecular formula is C23H19F2NO4. The van der Waals surface area contributed by atoms with Crippen LogP contribution < -0.4 is 10.1 Å². The van der Waals surface area contributed by atoms with Crippen LogP contribution in [0.4, 0.5) is 8.78 Å². The Morgan fingerprint density at radius 3 is 2.33 bits per heavy atom. The lowest BCUT2D eigenvalue weighted by Gasteiger charge is -2.15. The Hall–Kier alpha value is -3.74.